The average molecular weight is 439 g/mol. The van der Waals surface area contributed by atoms with Crippen LogP contribution in [0.15, 0.2) is 35.4 Å². The van der Waals surface area contributed by atoms with Gasteiger partial charge in [-0.1, -0.05) is 13.0 Å². The number of nitrogens with one attached hydrogen (secondary N) is 1. The lowest BCUT2D eigenvalue weighted by Gasteiger charge is -2.36. The van der Waals surface area contributed by atoms with Crippen LogP contribution in [-0.4, -0.2) is 43.5 Å². The van der Waals surface area contributed by atoms with Crippen molar-refractivity contribution < 1.29 is 5.11 Å². The number of aryl methyl sites for hydroxylation is 1. The minimum absolute atomic E-state index is 0.0111. The van der Waals surface area contributed by atoms with Crippen LogP contribution in [0.4, 0.5) is 11.6 Å². The van der Waals surface area contributed by atoms with E-state index in [0.29, 0.717) is 12.6 Å². The highest BCUT2D eigenvalue weighted by Gasteiger charge is 2.24. The summed E-state index contributed by atoms with van der Waals surface area (Å²) in [6, 6.07) is 5.98. The van der Waals surface area contributed by atoms with E-state index in [9.17, 15) is 9.90 Å². The summed E-state index contributed by atoms with van der Waals surface area (Å²) in [5.41, 5.74) is 3.02. The average Bonchev–Trinajstić information content (AvgIpc) is 3.22. The van der Waals surface area contributed by atoms with Crippen LogP contribution < -0.4 is 15.8 Å². The van der Waals surface area contributed by atoms with E-state index in [1.54, 1.807) is 10.6 Å². The Bertz CT molecular complexity index is 1120. The van der Waals surface area contributed by atoms with Gasteiger partial charge < -0.3 is 19.9 Å². The van der Waals surface area contributed by atoms with Gasteiger partial charge in [-0.3, -0.25) is 4.79 Å². The molecular weight excluding hydrogens is 404 g/mol. The zero-order valence-electron chi connectivity index (χ0n) is 19.3. The number of nitrogens with zero attached hydrogens (tertiary/aromatic N) is 5. The molecule has 0 aliphatic carbocycles. The zero-order chi connectivity index (χ0) is 22.7. The summed E-state index contributed by atoms with van der Waals surface area (Å²) >= 11 is 0. The van der Waals surface area contributed by atoms with Gasteiger partial charge in [0.05, 0.1) is 6.20 Å². The second kappa shape index (κ2) is 9.73. The number of rotatable bonds is 8. The van der Waals surface area contributed by atoms with E-state index in [4.69, 9.17) is 4.98 Å². The molecule has 3 aromatic rings. The smallest absolute Gasteiger partial charge is 0.250 e. The summed E-state index contributed by atoms with van der Waals surface area (Å²) in [4.78, 5) is 19.4. The maximum atomic E-state index is 12.1. The fraction of sp³-hybridized carbons (Fsp3) is 0.542. The van der Waals surface area contributed by atoms with Gasteiger partial charge in [-0.05, 0) is 51.5 Å². The summed E-state index contributed by atoms with van der Waals surface area (Å²) < 4.78 is 3.62. The molecule has 0 amide bonds. The Morgan fingerprint density at radius 2 is 2.12 bits per heavy atom. The van der Waals surface area contributed by atoms with Gasteiger partial charge in [0.1, 0.15) is 11.6 Å². The van der Waals surface area contributed by atoms with Gasteiger partial charge in [-0.15, -0.1) is 0 Å². The van der Waals surface area contributed by atoms with Gasteiger partial charge >= 0.3 is 0 Å². The number of hydrogen-bond donors (Lipinski definition) is 2. The largest absolute Gasteiger partial charge is 0.396 e. The lowest BCUT2D eigenvalue weighted by Crippen LogP contribution is -2.40. The third kappa shape index (κ3) is 4.50. The third-order valence-corrected chi connectivity index (χ3v) is 6.33. The Kier molecular flexibility index (Phi) is 6.79. The van der Waals surface area contributed by atoms with Crippen LogP contribution in [0.1, 0.15) is 63.6 Å². The lowest BCUT2D eigenvalue weighted by atomic mass is 9.99. The van der Waals surface area contributed by atoms with Crippen LogP contribution in [-0.2, 0) is 13.0 Å². The fourth-order valence-corrected chi connectivity index (χ4v) is 4.52. The topological polar surface area (TPSA) is 87.7 Å². The molecule has 0 spiro atoms. The molecule has 0 bridgehead atoms. The molecule has 1 fully saturated rings. The number of aliphatic hydroxyl groups excluding tert-OH is 1. The van der Waals surface area contributed by atoms with Crippen molar-refractivity contribution in [3.05, 3.63) is 52.1 Å². The number of hydrogen-bond acceptors (Lipinski definition) is 6. The van der Waals surface area contributed by atoms with Crippen LogP contribution >= 0.6 is 0 Å². The Morgan fingerprint density at radius 3 is 2.88 bits per heavy atom. The standard InChI is InChI=1S/C24H34N6O2/c1-4-19-15-26-30-21(25-14-18-8-9-23(32)29(16-18)17(2)3)13-22(27-24(19)30)28-11-6-5-7-20(28)10-12-31/h8-9,13,15-17,20,25,31H,4-7,10-12,14H2,1-3H3/t20-/m0/s1. The first-order valence-corrected chi connectivity index (χ1v) is 11.7. The Morgan fingerprint density at radius 1 is 1.28 bits per heavy atom. The minimum Gasteiger partial charge on any atom is -0.396 e. The SMILES string of the molecule is CCc1cnn2c(NCc3ccc(=O)n(C(C)C)c3)cc(N3CCCC[C@H]3CCO)nc12. The molecule has 0 aromatic carbocycles. The maximum Gasteiger partial charge on any atom is 0.250 e. The second-order valence-electron chi connectivity index (χ2n) is 8.84. The third-order valence-electron chi connectivity index (χ3n) is 6.33. The van der Waals surface area contributed by atoms with E-state index >= 15 is 0 Å². The number of fused-ring (bicyclic) bond motifs is 1. The summed E-state index contributed by atoms with van der Waals surface area (Å²) in [5.74, 6) is 1.81. The molecule has 172 valence electrons. The fourth-order valence-electron chi connectivity index (χ4n) is 4.52. The normalized spacial score (nSPS) is 16.8. The van der Waals surface area contributed by atoms with Gasteiger partial charge in [0.15, 0.2) is 5.65 Å². The number of piperidine rings is 1. The molecule has 1 saturated heterocycles. The number of aromatic nitrogens is 4. The molecule has 0 radical (unpaired) electrons. The molecule has 3 aromatic heterocycles. The van der Waals surface area contributed by atoms with Gasteiger partial charge in [0.25, 0.3) is 5.56 Å². The summed E-state index contributed by atoms with van der Waals surface area (Å²) in [5, 5.41) is 17.7. The van der Waals surface area contributed by atoms with Crippen LogP contribution in [0.5, 0.6) is 0 Å². The number of pyridine rings is 1. The Balaban J connectivity index is 1.68. The number of aliphatic hydroxyl groups is 1. The predicted molar refractivity (Wildman–Crippen MR) is 127 cm³/mol. The molecule has 1 atom stereocenters. The van der Waals surface area contributed by atoms with Crippen molar-refractivity contribution in [2.75, 3.05) is 23.4 Å². The van der Waals surface area contributed by atoms with Gasteiger partial charge in [-0.2, -0.15) is 9.61 Å². The van der Waals surface area contributed by atoms with Crippen molar-refractivity contribution in [1.82, 2.24) is 19.2 Å². The minimum atomic E-state index is 0.0111. The summed E-state index contributed by atoms with van der Waals surface area (Å²) in [6.45, 7) is 7.84. The summed E-state index contributed by atoms with van der Waals surface area (Å²) in [6.07, 6.45) is 8.82. The first-order chi connectivity index (χ1) is 15.5. The van der Waals surface area contributed by atoms with Crippen molar-refractivity contribution in [1.29, 1.82) is 0 Å². The molecule has 8 heteroatoms. The molecular formula is C24H34N6O2. The van der Waals surface area contributed by atoms with E-state index in [1.165, 1.54) is 6.42 Å². The first kappa shape index (κ1) is 22.3. The molecule has 1 aliphatic rings. The van der Waals surface area contributed by atoms with E-state index < -0.39 is 0 Å². The first-order valence-electron chi connectivity index (χ1n) is 11.7. The molecule has 4 rings (SSSR count). The number of anilines is 2. The van der Waals surface area contributed by atoms with E-state index in [0.717, 1.165) is 60.6 Å². The van der Waals surface area contributed by atoms with Crippen molar-refractivity contribution in [3.8, 4) is 0 Å². The predicted octanol–water partition coefficient (Wildman–Crippen LogP) is 3.39. The quantitative estimate of drug-likeness (QED) is 0.561. The zero-order valence-corrected chi connectivity index (χ0v) is 19.3. The van der Waals surface area contributed by atoms with E-state index in [-0.39, 0.29) is 18.2 Å². The van der Waals surface area contributed by atoms with E-state index in [2.05, 4.69) is 28.3 Å². The molecule has 0 saturated carbocycles. The monoisotopic (exact) mass is 438 g/mol. The van der Waals surface area contributed by atoms with Crippen molar-refractivity contribution in [2.45, 2.75) is 71.5 Å². The van der Waals surface area contributed by atoms with Crippen LogP contribution in [0.3, 0.4) is 0 Å². The van der Waals surface area contributed by atoms with Crippen LogP contribution in [0.2, 0.25) is 0 Å². The van der Waals surface area contributed by atoms with Crippen molar-refractivity contribution >= 4 is 17.3 Å². The lowest BCUT2D eigenvalue weighted by molar-refractivity contribution is 0.262. The molecule has 8 nitrogen and oxygen atoms in total. The van der Waals surface area contributed by atoms with Crippen LogP contribution in [0.25, 0.3) is 5.65 Å². The van der Waals surface area contributed by atoms with Crippen LogP contribution in [0, 0.1) is 0 Å². The highest BCUT2D eigenvalue weighted by Crippen LogP contribution is 2.29. The van der Waals surface area contributed by atoms with E-state index in [1.807, 2.05) is 36.8 Å². The maximum absolute atomic E-state index is 12.1. The summed E-state index contributed by atoms with van der Waals surface area (Å²) in [7, 11) is 0. The van der Waals surface area contributed by atoms with Gasteiger partial charge in [-0.25, -0.2) is 4.98 Å². The molecule has 2 N–H and O–H groups in total. The molecule has 1 aliphatic heterocycles. The highest BCUT2D eigenvalue weighted by molar-refractivity contribution is 5.61. The second-order valence-corrected chi connectivity index (χ2v) is 8.84. The Hall–Kier alpha value is -2.87. The Labute approximate surface area is 188 Å². The molecule has 0 unspecified atom stereocenters. The van der Waals surface area contributed by atoms with Gasteiger partial charge in [0.2, 0.25) is 0 Å². The molecule has 4 heterocycles. The van der Waals surface area contributed by atoms with Crippen molar-refractivity contribution in [2.24, 2.45) is 0 Å². The van der Waals surface area contributed by atoms with Gasteiger partial charge in [0, 0.05) is 55.7 Å². The highest BCUT2D eigenvalue weighted by atomic mass is 16.3. The molecule has 32 heavy (non-hydrogen) atoms. The van der Waals surface area contributed by atoms with Crippen molar-refractivity contribution in [3.63, 3.8) is 0 Å².